The first-order chi connectivity index (χ1) is 16.9. The summed E-state index contributed by atoms with van der Waals surface area (Å²) in [5.41, 5.74) is 8.82. The summed E-state index contributed by atoms with van der Waals surface area (Å²) in [6, 6.07) is 13.6. The lowest BCUT2D eigenvalue weighted by Crippen LogP contribution is -2.38. The van der Waals surface area contributed by atoms with Gasteiger partial charge in [0.1, 0.15) is 17.3 Å². The van der Waals surface area contributed by atoms with E-state index in [9.17, 15) is 20.2 Å². The van der Waals surface area contributed by atoms with Gasteiger partial charge in [0.25, 0.3) is 5.69 Å². The lowest BCUT2D eigenvalue weighted by Gasteiger charge is -2.39. The number of carbonyl (C=O) groups is 1. The van der Waals surface area contributed by atoms with Crippen LogP contribution >= 0.6 is 0 Å². The maximum Gasteiger partial charge on any atom is 0.271 e. The van der Waals surface area contributed by atoms with Crippen LogP contribution in [0.3, 0.4) is 0 Å². The Balaban J connectivity index is 1.98. The molecule has 2 aromatic carbocycles. The molecule has 35 heavy (non-hydrogen) atoms. The molecule has 2 N–H and O–H groups in total. The molecule has 180 valence electrons. The quantitative estimate of drug-likeness (QED) is 0.451. The maximum atomic E-state index is 13.4. The molecule has 1 aliphatic carbocycles. The number of nitro benzene ring substituents is 1. The molecular weight excluding hydrogens is 448 g/mol. The van der Waals surface area contributed by atoms with E-state index in [0.717, 1.165) is 0 Å². The van der Waals surface area contributed by atoms with Crippen LogP contribution < -0.4 is 20.1 Å². The third kappa shape index (κ3) is 4.30. The van der Waals surface area contributed by atoms with Gasteiger partial charge in [-0.2, -0.15) is 5.26 Å². The van der Waals surface area contributed by atoms with Crippen LogP contribution in [0.15, 0.2) is 65.1 Å². The van der Waals surface area contributed by atoms with E-state index in [4.69, 9.17) is 15.2 Å². The van der Waals surface area contributed by atoms with Crippen LogP contribution in [0.25, 0.3) is 0 Å². The molecule has 0 aromatic heterocycles. The molecule has 0 saturated carbocycles. The van der Waals surface area contributed by atoms with E-state index in [1.165, 1.54) is 12.1 Å². The largest absolute Gasteiger partial charge is 0.494 e. The number of nitrogens with two attached hydrogens (primary N) is 1. The second-order valence-corrected chi connectivity index (χ2v) is 8.16. The summed E-state index contributed by atoms with van der Waals surface area (Å²) in [5.74, 6) is 0.440. The van der Waals surface area contributed by atoms with Gasteiger partial charge in [-0.15, -0.1) is 0 Å². The molecule has 0 spiro atoms. The highest BCUT2D eigenvalue weighted by atomic mass is 16.6. The van der Waals surface area contributed by atoms with Crippen LogP contribution in [-0.4, -0.2) is 23.9 Å². The molecule has 0 bridgehead atoms. The minimum absolute atomic E-state index is 0.0869. The lowest BCUT2D eigenvalue weighted by molar-refractivity contribution is -0.384. The van der Waals surface area contributed by atoms with Crippen molar-refractivity contribution in [2.45, 2.75) is 39.0 Å². The summed E-state index contributed by atoms with van der Waals surface area (Å²) in [4.78, 5) is 25.9. The average molecular weight is 475 g/mol. The van der Waals surface area contributed by atoms with Crippen molar-refractivity contribution in [1.29, 1.82) is 5.26 Å². The third-order valence-electron chi connectivity index (χ3n) is 6.12. The number of anilines is 1. The first kappa shape index (κ1) is 23.8. The van der Waals surface area contributed by atoms with Gasteiger partial charge in [0.05, 0.1) is 41.4 Å². The van der Waals surface area contributed by atoms with Gasteiger partial charge in [-0.3, -0.25) is 19.8 Å². The fourth-order valence-corrected chi connectivity index (χ4v) is 4.73. The van der Waals surface area contributed by atoms with Crippen LogP contribution in [0.5, 0.6) is 11.5 Å². The zero-order valence-electron chi connectivity index (χ0n) is 19.6. The van der Waals surface area contributed by atoms with Gasteiger partial charge in [0.2, 0.25) is 0 Å². The summed E-state index contributed by atoms with van der Waals surface area (Å²) in [5, 5.41) is 21.6. The van der Waals surface area contributed by atoms with Gasteiger partial charge < -0.3 is 15.2 Å². The van der Waals surface area contributed by atoms with Crippen molar-refractivity contribution in [2.75, 3.05) is 18.1 Å². The number of ether oxygens (including phenoxy) is 2. The van der Waals surface area contributed by atoms with Crippen molar-refractivity contribution in [1.82, 2.24) is 0 Å². The topological polar surface area (TPSA) is 132 Å². The Morgan fingerprint density at radius 1 is 1.17 bits per heavy atom. The number of rotatable bonds is 7. The number of nitro groups is 1. The number of carbonyl (C=O) groups excluding carboxylic acids is 1. The Kier molecular flexibility index (Phi) is 6.73. The van der Waals surface area contributed by atoms with E-state index in [-0.39, 0.29) is 22.9 Å². The van der Waals surface area contributed by atoms with Gasteiger partial charge in [-0.25, -0.2) is 0 Å². The molecule has 4 rings (SSSR count). The number of ketones is 1. The molecule has 1 unspecified atom stereocenters. The molecule has 2 aromatic rings. The molecular formula is C26H26N4O5. The van der Waals surface area contributed by atoms with E-state index in [1.54, 1.807) is 35.2 Å². The van der Waals surface area contributed by atoms with E-state index < -0.39 is 10.8 Å². The van der Waals surface area contributed by atoms with Crippen molar-refractivity contribution < 1.29 is 19.2 Å². The van der Waals surface area contributed by atoms with Crippen LogP contribution in [0.1, 0.15) is 44.6 Å². The number of hydrogen-bond donors (Lipinski definition) is 1. The van der Waals surface area contributed by atoms with Crippen molar-refractivity contribution in [3.63, 3.8) is 0 Å². The standard InChI is InChI=1S/C26H26N4O5/c1-3-34-18-11-12-23(35-4-2)19(14-18)24-20(15-27)26(28)29(21-9-6-10-22(31)25(21)24)16-7-5-8-17(13-16)30(32)33/h5,7-8,11-14,24H,3-4,6,9-10,28H2,1-2H3. The molecule has 9 nitrogen and oxygen atoms in total. The molecule has 0 fully saturated rings. The fraction of sp³-hybridized carbons (Fsp3) is 0.308. The Labute approximate surface area is 203 Å². The van der Waals surface area contributed by atoms with Crippen molar-refractivity contribution in [3.05, 3.63) is 80.8 Å². The summed E-state index contributed by atoms with van der Waals surface area (Å²) < 4.78 is 11.6. The van der Waals surface area contributed by atoms with Crippen molar-refractivity contribution in [3.8, 4) is 17.6 Å². The van der Waals surface area contributed by atoms with E-state index in [0.29, 0.717) is 66.5 Å². The number of Topliss-reactive ketones (excluding diaryl/α,β-unsaturated/α-hetero) is 1. The second kappa shape index (κ2) is 9.89. The highest BCUT2D eigenvalue weighted by Gasteiger charge is 2.41. The Hall–Kier alpha value is -4.32. The van der Waals surface area contributed by atoms with Crippen LogP contribution in [0, 0.1) is 21.4 Å². The lowest BCUT2D eigenvalue weighted by atomic mass is 9.75. The van der Waals surface area contributed by atoms with Crippen LogP contribution in [-0.2, 0) is 4.79 Å². The predicted octanol–water partition coefficient (Wildman–Crippen LogP) is 4.70. The second-order valence-electron chi connectivity index (χ2n) is 8.16. The highest BCUT2D eigenvalue weighted by molar-refractivity contribution is 6.01. The summed E-state index contributed by atoms with van der Waals surface area (Å²) >= 11 is 0. The molecule has 0 amide bonds. The van der Waals surface area contributed by atoms with Gasteiger partial charge in [-0.1, -0.05) is 6.07 Å². The first-order valence-electron chi connectivity index (χ1n) is 11.5. The minimum atomic E-state index is -0.736. The zero-order valence-corrected chi connectivity index (χ0v) is 19.6. The Morgan fingerprint density at radius 2 is 1.94 bits per heavy atom. The summed E-state index contributed by atoms with van der Waals surface area (Å²) in [6.45, 7) is 4.58. The van der Waals surface area contributed by atoms with E-state index >= 15 is 0 Å². The molecule has 1 atom stereocenters. The SMILES string of the molecule is CCOc1ccc(OCC)c(C2C(C#N)=C(N)N(c3cccc([N+](=O)[O-])c3)C3=C2C(=O)CCC3)c1. The van der Waals surface area contributed by atoms with Gasteiger partial charge in [0.15, 0.2) is 5.78 Å². The fourth-order valence-electron chi connectivity index (χ4n) is 4.73. The predicted molar refractivity (Wildman–Crippen MR) is 130 cm³/mol. The molecule has 0 saturated heterocycles. The van der Waals surface area contributed by atoms with Crippen molar-refractivity contribution in [2.24, 2.45) is 5.73 Å². The number of nitrogens with zero attached hydrogens (tertiary/aromatic N) is 3. The molecule has 1 heterocycles. The Bertz CT molecular complexity index is 1290. The van der Waals surface area contributed by atoms with Gasteiger partial charge >= 0.3 is 0 Å². The van der Waals surface area contributed by atoms with E-state index in [1.807, 2.05) is 13.8 Å². The molecule has 9 heteroatoms. The van der Waals surface area contributed by atoms with Crippen LogP contribution in [0.2, 0.25) is 0 Å². The molecule has 0 radical (unpaired) electrons. The number of allylic oxidation sites excluding steroid dienone is 3. The van der Waals surface area contributed by atoms with Crippen molar-refractivity contribution >= 4 is 17.2 Å². The normalized spacial score (nSPS) is 17.7. The van der Waals surface area contributed by atoms with E-state index in [2.05, 4.69) is 6.07 Å². The summed E-state index contributed by atoms with van der Waals surface area (Å²) in [7, 11) is 0. The monoisotopic (exact) mass is 474 g/mol. The number of nitriles is 1. The Morgan fingerprint density at radius 3 is 2.63 bits per heavy atom. The zero-order chi connectivity index (χ0) is 25.1. The summed E-state index contributed by atoms with van der Waals surface area (Å²) in [6.07, 6.45) is 1.49. The van der Waals surface area contributed by atoms with Crippen LogP contribution in [0.4, 0.5) is 11.4 Å². The highest BCUT2D eigenvalue weighted by Crippen LogP contribution is 2.49. The third-order valence-corrected chi connectivity index (χ3v) is 6.12. The maximum absolute atomic E-state index is 13.4. The van der Waals surface area contributed by atoms with Gasteiger partial charge in [0, 0.05) is 35.4 Å². The molecule has 2 aliphatic rings. The average Bonchev–Trinajstić information content (AvgIpc) is 2.85. The van der Waals surface area contributed by atoms with Gasteiger partial charge in [-0.05, 0) is 51.0 Å². The number of non-ortho nitro benzene ring substituents is 1. The first-order valence-corrected chi connectivity index (χ1v) is 11.5. The molecule has 1 aliphatic heterocycles. The number of benzene rings is 2. The smallest absolute Gasteiger partial charge is 0.271 e. The minimum Gasteiger partial charge on any atom is -0.494 e. The number of hydrogen-bond acceptors (Lipinski definition) is 8.